The highest BCUT2D eigenvalue weighted by molar-refractivity contribution is 5.62. The normalized spacial score (nSPS) is 11.6. The maximum absolute atomic E-state index is 8.64. The molecule has 0 radical (unpaired) electrons. The van der Waals surface area contributed by atoms with E-state index in [1.807, 2.05) is 37.2 Å². The molecular formula is C11H15N3O. The minimum atomic E-state index is -0.496. The van der Waals surface area contributed by atoms with E-state index in [2.05, 4.69) is 0 Å². The van der Waals surface area contributed by atoms with E-state index in [1.165, 1.54) is 0 Å². The van der Waals surface area contributed by atoms with Gasteiger partial charge >= 0.3 is 0 Å². The van der Waals surface area contributed by atoms with E-state index < -0.39 is 6.10 Å². The summed E-state index contributed by atoms with van der Waals surface area (Å²) < 4.78 is 5.37. The summed E-state index contributed by atoms with van der Waals surface area (Å²) in [5.41, 5.74) is 7.27. The predicted molar refractivity (Wildman–Crippen MR) is 60.9 cm³/mol. The Labute approximate surface area is 89.9 Å². The van der Waals surface area contributed by atoms with E-state index in [0.29, 0.717) is 11.4 Å². The highest BCUT2D eigenvalue weighted by Crippen LogP contribution is 2.27. The van der Waals surface area contributed by atoms with Gasteiger partial charge in [0.15, 0.2) is 6.10 Å². The van der Waals surface area contributed by atoms with Crippen molar-refractivity contribution in [3.8, 4) is 11.8 Å². The van der Waals surface area contributed by atoms with Gasteiger partial charge in [0.1, 0.15) is 11.8 Å². The summed E-state index contributed by atoms with van der Waals surface area (Å²) in [5.74, 6) is 0.551. The first kappa shape index (κ1) is 11.2. The van der Waals surface area contributed by atoms with Crippen molar-refractivity contribution in [2.24, 2.45) is 0 Å². The van der Waals surface area contributed by atoms with Gasteiger partial charge in [-0.15, -0.1) is 0 Å². The van der Waals surface area contributed by atoms with Crippen LogP contribution in [0, 0.1) is 11.3 Å². The van der Waals surface area contributed by atoms with Gasteiger partial charge in [-0.2, -0.15) is 5.26 Å². The molecule has 0 heterocycles. The molecule has 1 unspecified atom stereocenters. The molecule has 0 bridgehead atoms. The van der Waals surface area contributed by atoms with Crippen LogP contribution in [0.4, 0.5) is 11.4 Å². The molecule has 0 saturated heterocycles. The Morgan fingerprint density at radius 1 is 1.47 bits per heavy atom. The lowest BCUT2D eigenvalue weighted by molar-refractivity contribution is 0.278. The summed E-state index contributed by atoms with van der Waals surface area (Å²) in [6.07, 6.45) is -0.496. The third-order valence-corrected chi connectivity index (χ3v) is 2.00. The van der Waals surface area contributed by atoms with Crippen molar-refractivity contribution in [1.82, 2.24) is 0 Å². The zero-order valence-electron chi connectivity index (χ0n) is 9.19. The van der Waals surface area contributed by atoms with Crippen LogP contribution in [-0.2, 0) is 0 Å². The first-order valence-corrected chi connectivity index (χ1v) is 4.67. The summed E-state index contributed by atoms with van der Waals surface area (Å²) in [7, 11) is 3.87. The zero-order chi connectivity index (χ0) is 11.4. The number of hydrogen-bond donors (Lipinski definition) is 1. The minimum absolute atomic E-state index is 0.496. The number of nitriles is 1. The van der Waals surface area contributed by atoms with Crippen molar-refractivity contribution >= 4 is 11.4 Å². The summed E-state index contributed by atoms with van der Waals surface area (Å²) in [6, 6.07) is 7.50. The highest BCUT2D eigenvalue weighted by Gasteiger charge is 2.07. The largest absolute Gasteiger partial charge is 0.474 e. The van der Waals surface area contributed by atoms with Crippen LogP contribution in [0.2, 0.25) is 0 Å². The molecule has 0 aliphatic heterocycles. The Kier molecular flexibility index (Phi) is 3.40. The van der Waals surface area contributed by atoms with Crippen LogP contribution in [0.5, 0.6) is 5.75 Å². The molecule has 0 aromatic heterocycles. The van der Waals surface area contributed by atoms with Crippen molar-refractivity contribution in [1.29, 1.82) is 5.26 Å². The standard InChI is InChI=1S/C11H15N3O/c1-8(7-12)15-11-6-9(14(2)3)4-5-10(11)13/h4-6,8H,13H2,1-3H3. The summed E-state index contributed by atoms with van der Waals surface area (Å²) in [5, 5.41) is 8.64. The van der Waals surface area contributed by atoms with Crippen LogP contribution in [-0.4, -0.2) is 20.2 Å². The second-order valence-corrected chi connectivity index (χ2v) is 3.51. The van der Waals surface area contributed by atoms with Crippen molar-refractivity contribution < 1.29 is 4.74 Å². The van der Waals surface area contributed by atoms with Crippen molar-refractivity contribution in [2.75, 3.05) is 24.7 Å². The molecule has 0 aliphatic rings. The van der Waals surface area contributed by atoms with E-state index in [-0.39, 0.29) is 0 Å². The monoisotopic (exact) mass is 205 g/mol. The summed E-state index contributed by atoms with van der Waals surface area (Å²) in [4.78, 5) is 1.95. The molecule has 1 rings (SSSR count). The average Bonchev–Trinajstić information content (AvgIpc) is 2.20. The Balaban J connectivity index is 2.96. The molecule has 1 atom stereocenters. The van der Waals surface area contributed by atoms with Crippen molar-refractivity contribution in [3.05, 3.63) is 18.2 Å². The number of nitrogen functional groups attached to an aromatic ring is 1. The molecule has 1 aromatic carbocycles. The molecule has 0 aliphatic carbocycles. The van der Waals surface area contributed by atoms with Gasteiger partial charge in [0.2, 0.25) is 0 Å². The number of benzene rings is 1. The Morgan fingerprint density at radius 2 is 2.13 bits per heavy atom. The van der Waals surface area contributed by atoms with Crippen LogP contribution < -0.4 is 15.4 Å². The lowest BCUT2D eigenvalue weighted by Crippen LogP contribution is -2.12. The molecule has 0 saturated carbocycles. The molecule has 0 spiro atoms. The smallest absolute Gasteiger partial charge is 0.181 e. The number of ether oxygens (including phenoxy) is 1. The molecule has 4 heteroatoms. The van der Waals surface area contributed by atoms with E-state index in [4.69, 9.17) is 15.7 Å². The van der Waals surface area contributed by atoms with Crippen molar-refractivity contribution in [2.45, 2.75) is 13.0 Å². The number of nitrogens with two attached hydrogens (primary N) is 1. The topological polar surface area (TPSA) is 62.3 Å². The molecule has 2 N–H and O–H groups in total. The van der Waals surface area contributed by atoms with Crippen LogP contribution >= 0.6 is 0 Å². The molecular weight excluding hydrogens is 190 g/mol. The fourth-order valence-corrected chi connectivity index (χ4v) is 1.12. The number of rotatable bonds is 3. The number of hydrogen-bond acceptors (Lipinski definition) is 4. The Morgan fingerprint density at radius 3 is 2.67 bits per heavy atom. The molecule has 15 heavy (non-hydrogen) atoms. The molecule has 0 amide bonds. The fraction of sp³-hybridized carbons (Fsp3) is 0.364. The minimum Gasteiger partial charge on any atom is -0.474 e. The Bertz CT molecular complexity index is 382. The first-order valence-electron chi connectivity index (χ1n) is 4.67. The predicted octanol–water partition coefficient (Wildman–Crippen LogP) is 1.63. The van der Waals surface area contributed by atoms with Crippen LogP contribution in [0.25, 0.3) is 0 Å². The lowest BCUT2D eigenvalue weighted by atomic mass is 10.2. The van der Waals surface area contributed by atoms with Gasteiger partial charge in [0, 0.05) is 25.8 Å². The summed E-state index contributed by atoms with van der Waals surface area (Å²) >= 11 is 0. The Hall–Kier alpha value is -1.89. The third kappa shape index (κ3) is 2.78. The van der Waals surface area contributed by atoms with E-state index >= 15 is 0 Å². The number of anilines is 2. The lowest BCUT2D eigenvalue weighted by Gasteiger charge is -2.16. The molecule has 1 aromatic rings. The van der Waals surface area contributed by atoms with Crippen molar-refractivity contribution in [3.63, 3.8) is 0 Å². The average molecular weight is 205 g/mol. The zero-order valence-corrected chi connectivity index (χ0v) is 9.19. The van der Waals surface area contributed by atoms with Gasteiger partial charge in [-0.1, -0.05) is 0 Å². The first-order chi connectivity index (χ1) is 7.04. The van der Waals surface area contributed by atoms with Gasteiger partial charge < -0.3 is 15.4 Å². The second-order valence-electron chi connectivity index (χ2n) is 3.51. The summed E-state index contributed by atoms with van der Waals surface area (Å²) in [6.45, 7) is 1.68. The van der Waals surface area contributed by atoms with Gasteiger partial charge in [-0.25, -0.2) is 0 Å². The fourth-order valence-electron chi connectivity index (χ4n) is 1.12. The van der Waals surface area contributed by atoms with E-state index in [0.717, 1.165) is 5.69 Å². The second kappa shape index (κ2) is 4.56. The van der Waals surface area contributed by atoms with Crippen LogP contribution in [0.1, 0.15) is 6.92 Å². The van der Waals surface area contributed by atoms with Crippen LogP contribution in [0.15, 0.2) is 18.2 Å². The third-order valence-electron chi connectivity index (χ3n) is 2.00. The van der Waals surface area contributed by atoms with Gasteiger partial charge in [0.05, 0.1) is 5.69 Å². The van der Waals surface area contributed by atoms with E-state index in [9.17, 15) is 0 Å². The SMILES string of the molecule is CC(C#N)Oc1cc(N(C)C)ccc1N. The molecule has 0 fully saturated rings. The number of nitrogens with zero attached hydrogens (tertiary/aromatic N) is 2. The van der Waals surface area contributed by atoms with E-state index in [1.54, 1.807) is 13.0 Å². The maximum atomic E-state index is 8.64. The highest BCUT2D eigenvalue weighted by atomic mass is 16.5. The molecule has 80 valence electrons. The molecule has 4 nitrogen and oxygen atoms in total. The van der Waals surface area contributed by atoms with Gasteiger partial charge in [-0.3, -0.25) is 0 Å². The van der Waals surface area contributed by atoms with Crippen LogP contribution in [0.3, 0.4) is 0 Å². The van der Waals surface area contributed by atoms with Gasteiger partial charge in [-0.05, 0) is 19.1 Å². The quantitative estimate of drug-likeness (QED) is 0.762. The van der Waals surface area contributed by atoms with Gasteiger partial charge in [0.25, 0.3) is 0 Å². The maximum Gasteiger partial charge on any atom is 0.181 e.